The topological polar surface area (TPSA) is 51.4 Å². The zero-order chi connectivity index (χ0) is 14.1. The molecule has 2 N–H and O–H groups in total. The van der Waals surface area contributed by atoms with E-state index in [2.05, 4.69) is 29.8 Å². The van der Waals surface area contributed by atoms with E-state index in [-0.39, 0.29) is 0 Å². The molecule has 0 saturated heterocycles. The van der Waals surface area contributed by atoms with Crippen LogP contribution in [0.3, 0.4) is 0 Å². The highest BCUT2D eigenvalue weighted by Gasteiger charge is 2.10. The van der Waals surface area contributed by atoms with E-state index >= 15 is 0 Å². The molecule has 1 aromatic heterocycles. The molecule has 1 heterocycles. The summed E-state index contributed by atoms with van der Waals surface area (Å²) < 4.78 is 5.32. The summed E-state index contributed by atoms with van der Waals surface area (Å²) in [6.45, 7) is 6.98. The van der Waals surface area contributed by atoms with Crippen molar-refractivity contribution in [2.45, 2.75) is 46.1 Å². The number of ether oxygens (including phenoxy) is 1. The molecule has 0 fully saturated rings. The van der Waals surface area contributed by atoms with E-state index in [1.807, 2.05) is 6.07 Å². The van der Waals surface area contributed by atoms with Gasteiger partial charge in [-0.15, -0.1) is 0 Å². The minimum atomic E-state index is 0.459. The fraction of sp³-hybridized carbons (Fsp3) is 0.667. The first-order chi connectivity index (χ1) is 9.26. The zero-order valence-corrected chi connectivity index (χ0v) is 12.5. The molecule has 0 aromatic carbocycles. The van der Waals surface area contributed by atoms with Crippen LogP contribution in [-0.2, 0) is 6.54 Å². The number of rotatable bonds is 9. The van der Waals surface area contributed by atoms with E-state index in [0.717, 1.165) is 24.5 Å². The molecule has 4 nitrogen and oxygen atoms in total. The van der Waals surface area contributed by atoms with Crippen molar-refractivity contribution in [3.63, 3.8) is 0 Å². The number of nitrogens with zero attached hydrogens (tertiary/aromatic N) is 2. The van der Waals surface area contributed by atoms with E-state index in [0.29, 0.717) is 12.4 Å². The molecule has 0 aliphatic rings. The van der Waals surface area contributed by atoms with Gasteiger partial charge in [-0.1, -0.05) is 26.7 Å². The normalized spacial score (nSPS) is 10.5. The quantitative estimate of drug-likeness (QED) is 0.746. The van der Waals surface area contributed by atoms with Gasteiger partial charge in [0.1, 0.15) is 5.82 Å². The molecule has 108 valence electrons. The number of unbranched alkanes of at least 4 members (excludes halogenated alkanes) is 2. The van der Waals surface area contributed by atoms with Crippen LogP contribution in [0.2, 0.25) is 0 Å². The SMILES string of the molecule is CCCCN(CCCC)c1ccc(CN)c(OC)n1. The Hall–Kier alpha value is -1.29. The highest BCUT2D eigenvalue weighted by atomic mass is 16.5. The van der Waals surface area contributed by atoms with Crippen LogP contribution < -0.4 is 15.4 Å². The molecule has 0 aliphatic carbocycles. The third-order valence-electron chi connectivity index (χ3n) is 3.22. The summed E-state index contributed by atoms with van der Waals surface area (Å²) in [6.07, 6.45) is 4.76. The number of pyridine rings is 1. The number of hydrogen-bond acceptors (Lipinski definition) is 4. The van der Waals surface area contributed by atoms with Crippen molar-refractivity contribution < 1.29 is 4.74 Å². The molecular formula is C15H27N3O. The molecule has 4 heteroatoms. The summed E-state index contributed by atoms with van der Waals surface area (Å²) in [5.74, 6) is 1.65. The van der Waals surface area contributed by atoms with Gasteiger partial charge in [0.15, 0.2) is 0 Å². The molecule has 0 unspecified atom stereocenters. The molecular weight excluding hydrogens is 238 g/mol. The lowest BCUT2D eigenvalue weighted by Gasteiger charge is -2.24. The minimum Gasteiger partial charge on any atom is -0.481 e. The second-order valence-electron chi connectivity index (χ2n) is 4.74. The first-order valence-corrected chi connectivity index (χ1v) is 7.25. The van der Waals surface area contributed by atoms with E-state index in [9.17, 15) is 0 Å². The van der Waals surface area contributed by atoms with Crippen molar-refractivity contribution in [1.82, 2.24) is 4.98 Å². The van der Waals surface area contributed by atoms with E-state index in [1.54, 1.807) is 7.11 Å². The highest BCUT2D eigenvalue weighted by Crippen LogP contribution is 2.21. The summed E-state index contributed by atoms with van der Waals surface area (Å²) in [4.78, 5) is 6.93. The molecule has 0 atom stereocenters. The van der Waals surface area contributed by atoms with Crippen LogP contribution in [0.15, 0.2) is 12.1 Å². The summed E-state index contributed by atoms with van der Waals surface area (Å²) in [5, 5.41) is 0. The first-order valence-electron chi connectivity index (χ1n) is 7.25. The molecule has 0 radical (unpaired) electrons. The Bertz CT molecular complexity index is 360. The summed E-state index contributed by atoms with van der Waals surface area (Å²) >= 11 is 0. The minimum absolute atomic E-state index is 0.459. The molecule has 0 saturated carbocycles. The van der Waals surface area contributed by atoms with Crippen molar-refractivity contribution in [2.24, 2.45) is 5.73 Å². The van der Waals surface area contributed by atoms with Gasteiger partial charge in [-0.3, -0.25) is 0 Å². The maximum absolute atomic E-state index is 5.68. The lowest BCUT2D eigenvalue weighted by molar-refractivity contribution is 0.392. The maximum atomic E-state index is 5.68. The van der Waals surface area contributed by atoms with Crippen LogP contribution in [0.5, 0.6) is 5.88 Å². The van der Waals surface area contributed by atoms with Gasteiger partial charge in [0.05, 0.1) is 7.11 Å². The van der Waals surface area contributed by atoms with Crippen LogP contribution in [0.25, 0.3) is 0 Å². The van der Waals surface area contributed by atoms with E-state index in [4.69, 9.17) is 10.5 Å². The Morgan fingerprint density at radius 2 is 1.79 bits per heavy atom. The standard InChI is InChI=1S/C15H27N3O/c1-4-6-10-18(11-7-5-2)14-9-8-13(12-16)15(17-14)19-3/h8-9H,4-7,10-12,16H2,1-3H3. The van der Waals surface area contributed by atoms with E-state index in [1.165, 1.54) is 25.7 Å². The lowest BCUT2D eigenvalue weighted by atomic mass is 10.2. The smallest absolute Gasteiger partial charge is 0.219 e. The Kier molecular flexibility index (Phi) is 7.26. The number of nitrogens with two attached hydrogens (primary N) is 1. The maximum Gasteiger partial charge on any atom is 0.219 e. The molecule has 19 heavy (non-hydrogen) atoms. The van der Waals surface area contributed by atoms with Gasteiger partial charge in [-0.05, 0) is 25.0 Å². The third-order valence-corrected chi connectivity index (χ3v) is 3.22. The fourth-order valence-electron chi connectivity index (χ4n) is 2.01. The van der Waals surface area contributed by atoms with Gasteiger partial charge >= 0.3 is 0 Å². The number of anilines is 1. The average molecular weight is 265 g/mol. The van der Waals surface area contributed by atoms with Gasteiger partial charge in [0.25, 0.3) is 0 Å². The fourth-order valence-corrected chi connectivity index (χ4v) is 2.01. The second-order valence-corrected chi connectivity index (χ2v) is 4.74. The van der Waals surface area contributed by atoms with Crippen LogP contribution in [-0.4, -0.2) is 25.2 Å². The van der Waals surface area contributed by atoms with Crippen molar-refractivity contribution in [3.8, 4) is 5.88 Å². The monoisotopic (exact) mass is 265 g/mol. The first kappa shape index (κ1) is 15.8. The molecule has 0 spiro atoms. The summed E-state index contributed by atoms with van der Waals surface area (Å²) in [7, 11) is 1.65. The molecule has 0 bridgehead atoms. The van der Waals surface area contributed by atoms with Gasteiger partial charge in [0.2, 0.25) is 5.88 Å². The van der Waals surface area contributed by atoms with Crippen LogP contribution in [0.4, 0.5) is 5.82 Å². The van der Waals surface area contributed by atoms with Crippen LogP contribution >= 0.6 is 0 Å². The molecule has 1 rings (SSSR count). The Labute approximate surface area is 117 Å². The van der Waals surface area contributed by atoms with Crippen molar-refractivity contribution >= 4 is 5.82 Å². The van der Waals surface area contributed by atoms with Crippen LogP contribution in [0.1, 0.15) is 45.1 Å². The van der Waals surface area contributed by atoms with Gasteiger partial charge in [-0.2, -0.15) is 4.98 Å². The summed E-state index contributed by atoms with van der Waals surface area (Å²) in [5.41, 5.74) is 6.63. The highest BCUT2D eigenvalue weighted by molar-refractivity contribution is 5.44. The van der Waals surface area contributed by atoms with Crippen molar-refractivity contribution in [2.75, 3.05) is 25.1 Å². The number of methoxy groups -OCH3 is 1. The third kappa shape index (κ3) is 4.71. The van der Waals surface area contributed by atoms with Crippen LogP contribution in [0, 0.1) is 0 Å². The van der Waals surface area contributed by atoms with E-state index < -0.39 is 0 Å². The largest absolute Gasteiger partial charge is 0.481 e. The average Bonchev–Trinajstić information content (AvgIpc) is 2.46. The Morgan fingerprint density at radius 3 is 2.26 bits per heavy atom. The summed E-state index contributed by atoms with van der Waals surface area (Å²) in [6, 6.07) is 4.07. The Morgan fingerprint density at radius 1 is 1.16 bits per heavy atom. The zero-order valence-electron chi connectivity index (χ0n) is 12.5. The molecule has 0 aliphatic heterocycles. The predicted molar refractivity (Wildman–Crippen MR) is 80.7 cm³/mol. The predicted octanol–water partition coefficient (Wildman–Crippen LogP) is 2.96. The second kappa shape index (κ2) is 8.75. The number of hydrogen-bond donors (Lipinski definition) is 1. The van der Waals surface area contributed by atoms with Crippen molar-refractivity contribution in [1.29, 1.82) is 0 Å². The molecule has 1 aromatic rings. The van der Waals surface area contributed by atoms with Gasteiger partial charge in [-0.25, -0.2) is 0 Å². The van der Waals surface area contributed by atoms with Gasteiger partial charge in [0, 0.05) is 25.2 Å². The lowest BCUT2D eigenvalue weighted by Crippen LogP contribution is -2.26. The molecule has 0 amide bonds. The number of aromatic nitrogens is 1. The van der Waals surface area contributed by atoms with Crippen molar-refractivity contribution in [3.05, 3.63) is 17.7 Å². The Balaban J connectivity index is 2.87. The van der Waals surface area contributed by atoms with Gasteiger partial charge < -0.3 is 15.4 Å².